The molecule has 3 aromatic rings. The summed E-state index contributed by atoms with van der Waals surface area (Å²) < 4.78 is 5.73. The molecule has 0 saturated carbocycles. The number of imide groups is 1. The van der Waals surface area contributed by atoms with Gasteiger partial charge in [-0.25, -0.2) is 4.79 Å². The molecule has 1 aliphatic heterocycles. The molecule has 3 amide bonds. The van der Waals surface area contributed by atoms with E-state index in [0.717, 1.165) is 9.91 Å². The van der Waals surface area contributed by atoms with Crippen LogP contribution in [0.25, 0.3) is 11.3 Å². The van der Waals surface area contributed by atoms with Crippen LogP contribution in [0.4, 0.5) is 10.5 Å². The molecule has 0 bridgehead atoms. The number of hydrazone groups is 1. The number of hydrogen-bond donors (Lipinski definition) is 0. The lowest BCUT2D eigenvalue weighted by Gasteiger charge is -2.15. The number of urea groups is 1. The first-order valence-electron chi connectivity index (χ1n) is 9.57. The number of furan rings is 1. The molecular formula is C22H18N4O5. The number of carbonyl (C=O) groups is 2. The summed E-state index contributed by atoms with van der Waals surface area (Å²) in [7, 11) is 0. The first-order valence-corrected chi connectivity index (χ1v) is 9.57. The normalized spacial score (nSPS) is 16.5. The number of amides is 3. The number of rotatable bonds is 6. The van der Waals surface area contributed by atoms with E-state index in [1.807, 2.05) is 6.07 Å². The third kappa shape index (κ3) is 3.80. The molecule has 0 radical (unpaired) electrons. The molecule has 1 aliphatic rings. The second-order valence-electron chi connectivity index (χ2n) is 6.77. The number of benzene rings is 2. The van der Waals surface area contributed by atoms with Gasteiger partial charge in [0.05, 0.1) is 11.1 Å². The van der Waals surface area contributed by atoms with Gasteiger partial charge in [0.1, 0.15) is 11.5 Å². The molecule has 0 spiro atoms. The Kier molecular flexibility index (Phi) is 5.31. The Morgan fingerprint density at radius 2 is 1.77 bits per heavy atom. The summed E-state index contributed by atoms with van der Waals surface area (Å²) in [6.07, 6.45) is 1.37. The SMILES string of the molecule is CCN1C(=O)C(c2ccccc2)N(/N=C/c2ccc(-c3ccc([N+](=O)[O-])cc3)o2)C1=O. The van der Waals surface area contributed by atoms with Gasteiger partial charge in [-0.2, -0.15) is 10.1 Å². The van der Waals surface area contributed by atoms with Crippen molar-refractivity contribution in [3.05, 3.63) is 88.2 Å². The van der Waals surface area contributed by atoms with E-state index in [9.17, 15) is 19.7 Å². The van der Waals surface area contributed by atoms with Crippen molar-refractivity contribution < 1.29 is 18.9 Å². The molecule has 2 heterocycles. The van der Waals surface area contributed by atoms with Crippen LogP contribution < -0.4 is 0 Å². The van der Waals surface area contributed by atoms with Gasteiger partial charge in [0.15, 0.2) is 6.04 Å². The molecule has 9 heteroatoms. The van der Waals surface area contributed by atoms with Crippen molar-refractivity contribution in [3.63, 3.8) is 0 Å². The molecule has 1 aromatic heterocycles. The van der Waals surface area contributed by atoms with Crippen molar-refractivity contribution in [1.82, 2.24) is 9.91 Å². The molecule has 156 valence electrons. The van der Waals surface area contributed by atoms with Crippen LogP contribution in [0.1, 0.15) is 24.3 Å². The minimum Gasteiger partial charge on any atom is -0.455 e. The second-order valence-corrected chi connectivity index (χ2v) is 6.77. The van der Waals surface area contributed by atoms with Gasteiger partial charge in [-0.1, -0.05) is 30.3 Å². The van der Waals surface area contributed by atoms with E-state index in [0.29, 0.717) is 22.6 Å². The highest BCUT2D eigenvalue weighted by atomic mass is 16.6. The van der Waals surface area contributed by atoms with Gasteiger partial charge < -0.3 is 4.42 Å². The molecule has 2 aromatic carbocycles. The van der Waals surface area contributed by atoms with E-state index < -0.39 is 17.0 Å². The fourth-order valence-corrected chi connectivity index (χ4v) is 3.35. The molecule has 4 rings (SSSR count). The van der Waals surface area contributed by atoms with E-state index in [1.54, 1.807) is 55.5 Å². The average molecular weight is 418 g/mol. The Morgan fingerprint density at radius 1 is 1.06 bits per heavy atom. The number of non-ortho nitro benzene ring substituents is 1. The minimum absolute atomic E-state index is 0.0123. The van der Waals surface area contributed by atoms with Crippen LogP contribution in [0.2, 0.25) is 0 Å². The number of hydrogen-bond acceptors (Lipinski definition) is 6. The van der Waals surface area contributed by atoms with Gasteiger partial charge >= 0.3 is 6.03 Å². The minimum atomic E-state index is -0.839. The third-order valence-electron chi connectivity index (χ3n) is 4.90. The number of carbonyl (C=O) groups excluding carboxylic acids is 2. The number of nitrogens with zero attached hydrogens (tertiary/aromatic N) is 4. The van der Waals surface area contributed by atoms with Crippen LogP contribution >= 0.6 is 0 Å². The summed E-state index contributed by atoms with van der Waals surface area (Å²) in [5, 5.41) is 16.2. The molecule has 9 nitrogen and oxygen atoms in total. The van der Waals surface area contributed by atoms with Gasteiger partial charge in [-0.15, -0.1) is 0 Å². The van der Waals surface area contributed by atoms with Gasteiger partial charge in [0.25, 0.3) is 11.6 Å². The Labute approximate surface area is 177 Å². The Hall–Kier alpha value is -4.27. The molecule has 1 saturated heterocycles. The quantitative estimate of drug-likeness (QED) is 0.258. The molecular weight excluding hydrogens is 400 g/mol. The molecule has 1 fully saturated rings. The fourth-order valence-electron chi connectivity index (χ4n) is 3.35. The summed E-state index contributed by atoms with van der Waals surface area (Å²) in [6, 6.07) is 17.0. The molecule has 1 unspecified atom stereocenters. The lowest BCUT2D eigenvalue weighted by Crippen LogP contribution is -2.30. The highest BCUT2D eigenvalue weighted by molar-refractivity contribution is 6.04. The van der Waals surface area contributed by atoms with Crippen LogP contribution in [-0.2, 0) is 4.79 Å². The van der Waals surface area contributed by atoms with Crippen molar-refractivity contribution in [2.75, 3.05) is 6.54 Å². The van der Waals surface area contributed by atoms with E-state index in [2.05, 4.69) is 5.10 Å². The maximum Gasteiger partial charge on any atom is 0.348 e. The van der Waals surface area contributed by atoms with Crippen LogP contribution in [0, 0.1) is 10.1 Å². The maximum atomic E-state index is 12.8. The molecule has 31 heavy (non-hydrogen) atoms. The van der Waals surface area contributed by atoms with Crippen LogP contribution in [0.5, 0.6) is 0 Å². The van der Waals surface area contributed by atoms with Crippen molar-refractivity contribution >= 4 is 23.8 Å². The molecule has 0 aliphatic carbocycles. The van der Waals surface area contributed by atoms with Gasteiger partial charge in [-0.3, -0.25) is 19.8 Å². The second kappa shape index (κ2) is 8.23. The fraction of sp³-hybridized carbons (Fsp3) is 0.136. The van der Waals surface area contributed by atoms with Crippen LogP contribution in [0.3, 0.4) is 0 Å². The van der Waals surface area contributed by atoms with Gasteiger partial charge in [0.2, 0.25) is 0 Å². The molecule has 0 N–H and O–H groups in total. The zero-order valence-corrected chi connectivity index (χ0v) is 16.5. The first kappa shape index (κ1) is 20.0. The smallest absolute Gasteiger partial charge is 0.348 e. The van der Waals surface area contributed by atoms with Crippen LogP contribution in [0.15, 0.2) is 76.2 Å². The summed E-state index contributed by atoms with van der Waals surface area (Å²) in [5.41, 5.74) is 1.32. The van der Waals surface area contributed by atoms with Crippen molar-refractivity contribution in [3.8, 4) is 11.3 Å². The summed E-state index contributed by atoms with van der Waals surface area (Å²) >= 11 is 0. The predicted molar refractivity (Wildman–Crippen MR) is 112 cm³/mol. The van der Waals surface area contributed by atoms with Gasteiger partial charge in [0, 0.05) is 24.2 Å². The summed E-state index contributed by atoms with van der Waals surface area (Å²) in [5.74, 6) is 0.534. The largest absolute Gasteiger partial charge is 0.455 e. The monoisotopic (exact) mass is 418 g/mol. The van der Waals surface area contributed by atoms with Crippen LogP contribution in [-0.4, -0.2) is 39.5 Å². The van der Waals surface area contributed by atoms with E-state index >= 15 is 0 Å². The van der Waals surface area contributed by atoms with E-state index in [-0.39, 0.29) is 18.1 Å². The van der Waals surface area contributed by atoms with Crippen molar-refractivity contribution in [2.24, 2.45) is 5.10 Å². The summed E-state index contributed by atoms with van der Waals surface area (Å²) in [4.78, 5) is 36.9. The third-order valence-corrected chi connectivity index (χ3v) is 4.90. The lowest BCUT2D eigenvalue weighted by atomic mass is 10.1. The highest BCUT2D eigenvalue weighted by Crippen LogP contribution is 2.31. The lowest BCUT2D eigenvalue weighted by molar-refractivity contribution is -0.384. The van der Waals surface area contributed by atoms with E-state index in [1.165, 1.54) is 18.3 Å². The van der Waals surface area contributed by atoms with Gasteiger partial charge in [-0.05, 0) is 36.8 Å². The number of nitro groups is 1. The maximum absolute atomic E-state index is 12.8. The molecule has 1 atom stereocenters. The zero-order chi connectivity index (χ0) is 22.0. The number of likely N-dealkylation sites (N-methyl/N-ethyl adjacent to an activating group) is 1. The van der Waals surface area contributed by atoms with Crippen molar-refractivity contribution in [1.29, 1.82) is 0 Å². The summed E-state index contributed by atoms with van der Waals surface area (Å²) in [6.45, 7) is 1.98. The highest BCUT2D eigenvalue weighted by Gasteiger charge is 2.45. The number of nitro benzene ring substituents is 1. The van der Waals surface area contributed by atoms with E-state index in [4.69, 9.17) is 4.42 Å². The van der Waals surface area contributed by atoms with Crippen molar-refractivity contribution in [2.45, 2.75) is 13.0 Å². The topological polar surface area (TPSA) is 109 Å². The Bertz CT molecular complexity index is 1150. The standard InChI is InChI=1S/C22H18N4O5/c1-2-24-21(27)20(16-6-4-3-5-7-16)25(22(24)28)23-14-18-12-13-19(31-18)15-8-10-17(11-9-15)26(29)30/h3-14,20H,2H2,1H3/b23-14+. The zero-order valence-electron chi connectivity index (χ0n) is 16.5. The first-order chi connectivity index (χ1) is 15.0. The predicted octanol–water partition coefficient (Wildman–Crippen LogP) is 4.21. The Balaban J connectivity index is 1.59. The average Bonchev–Trinajstić information content (AvgIpc) is 3.35. The Morgan fingerprint density at radius 3 is 2.42 bits per heavy atom.